The second kappa shape index (κ2) is 5.84. The summed E-state index contributed by atoms with van der Waals surface area (Å²) in [5.74, 6) is -0.426. The van der Waals surface area contributed by atoms with Gasteiger partial charge in [-0.3, -0.25) is 9.59 Å². The van der Waals surface area contributed by atoms with Crippen LogP contribution in [0.15, 0.2) is 24.3 Å². The highest BCUT2D eigenvalue weighted by Gasteiger charge is 2.26. The van der Waals surface area contributed by atoms with E-state index in [4.69, 9.17) is 11.5 Å². The predicted molar refractivity (Wildman–Crippen MR) is 73.5 cm³/mol. The van der Waals surface area contributed by atoms with Crippen molar-refractivity contribution in [3.8, 4) is 0 Å². The Morgan fingerprint density at radius 1 is 1.26 bits per heavy atom. The molecule has 1 aliphatic rings. The van der Waals surface area contributed by atoms with E-state index in [9.17, 15) is 9.59 Å². The summed E-state index contributed by atoms with van der Waals surface area (Å²) < 4.78 is 0. The van der Waals surface area contributed by atoms with Gasteiger partial charge in [-0.1, -0.05) is 18.6 Å². The molecule has 5 N–H and O–H groups in total. The van der Waals surface area contributed by atoms with Crippen LogP contribution in [0.3, 0.4) is 0 Å². The number of nitrogens with two attached hydrogens (primary N) is 2. The molecule has 19 heavy (non-hydrogen) atoms. The summed E-state index contributed by atoms with van der Waals surface area (Å²) in [6, 6.07) is 6.84. The van der Waals surface area contributed by atoms with Gasteiger partial charge in [0, 0.05) is 12.5 Å². The molecule has 1 aliphatic carbocycles. The van der Waals surface area contributed by atoms with E-state index in [1.54, 1.807) is 24.3 Å². The summed E-state index contributed by atoms with van der Waals surface area (Å²) in [7, 11) is 0. The van der Waals surface area contributed by atoms with Crippen molar-refractivity contribution in [2.45, 2.75) is 31.7 Å². The minimum atomic E-state index is -0.548. The number of nitrogens with one attached hydrogen (secondary N) is 1. The second-order valence-corrected chi connectivity index (χ2v) is 5.02. The molecule has 1 saturated carbocycles. The van der Waals surface area contributed by atoms with Crippen molar-refractivity contribution < 1.29 is 9.59 Å². The fourth-order valence-corrected chi connectivity index (χ4v) is 2.57. The van der Waals surface area contributed by atoms with Crippen LogP contribution in [0.2, 0.25) is 0 Å². The molecule has 0 aromatic heterocycles. The summed E-state index contributed by atoms with van der Waals surface area (Å²) in [5, 5.41) is 2.74. The Kier molecular flexibility index (Phi) is 4.16. The van der Waals surface area contributed by atoms with Gasteiger partial charge in [0.05, 0.1) is 11.3 Å². The first kappa shape index (κ1) is 13.5. The molecule has 0 unspecified atom stereocenters. The van der Waals surface area contributed by atoms with E-state index in [0.29, 0.717) is 17.7 Å². The highest BCUT2D eigenvalue weighted by molar-refractivity contribution is 6.03. The van der Waals surface area contributed by atoms with Gasteiger partial charge in [0.2, 0.25) is 5.91 Å². The maximum atomic E-state index is 12.0. The van der Waals surface area contributed by atoms with Crippen LogP contribution in [-0.2, 0) is 4.79 Å². The predicted octanol–water partition coefficient (Wildman–Crippen LogP) is 1.24. The van der Waals surface area contributed by atoms with Crippen molar-refractivity contribution in [3.05, 3.63) is 29.8 Å². The summed E-state index contributed by atoms with van der Waals surface area (Å²) in [5.41, 5.74) is 12.0. The second-order valence-electron chi connectivity index (χ2n) is 5.02. The molecule has 0 spiro atoms. The maximum absolute atomic E-state index is 12.0. The van der Waals surface area contributed by atoms with E-state index in [0.717, 1.165) is 19.3 Å². The third-order valence-corrected chi connectivity index (χ3v) is 3.63. The molecule has 2 atom stereocenters. The van der Waals surface area contributed by atoms with Crippen molar-refractivity contribution in [1.82, 2.24) is 0 Å². The van der Waals surface area contributed by atoms with Crippen LogP contribution in [0, 0.1) is 5.92 Å². The Hall–Kier alpha value is -1.88. The van der Waals surface area contributed by atoms with E-state index < -0.39 is 5.91 Å². The van der Waals surface area contributed by atoms with E-state index in [1.807, 2.05) is 0 Å². The molecule has 2 rings (SSSR count). The third kappa shape index (κ3) is 3.32. The number of rotatable bonds is 4. The van der Waals surface area contributed by atoms with Crippen LogP contribution in [-0.4, -0.2) is 17.9 Å². The van der Waals surface area contributed by atoms with Crippen LogP contribution < -0.4 is 16.8 Å². The van der Waals surface area contributed by atoms with E-state index in [2.05, 4.69) is 5.32 Å². The highest BCUT2D eigenvalue weighted by atomic mass is 16.2. The average Bonchev–Trinajstić information content (AvgIpc) is 2.75. The molecule has 0 bridgehead atoms. The Balaban J connectivity index is 2.01. The zero-order valence-corrected chi connectivity index (χ0v) is 10.8. The molecular weight excluding hydrogens is 242 g/mol. The zero-order chi connectivity index (χ0) is 13.8. The summed E-state index contributed by atoms with van der Waals surface area (Å²) >= 11 is 0. The molecule has 5 nitrogen and oxygen atoms in total. The summed E-state index contributed by atoms with van der Waals surface area (Å²) in [6.45, 7) is 0. The topological polar surface area (TPSA) is 98.2 Å². The Morgan fingerprint density at radius 3 is 2.63 bits per heavy atom. The third-order valence-electron chi connectivity index (χ3n) is 3.63. The normalized spacial score (nSPS) is 22.2. The number of carbonyl (C=O) groups excluding carboxylic acids is 2. The highest BCUT2D eigenvalue weighted by Crippen LogP contribution is 2.27. The smallest absolute Gasteiger partial charge is 0.250 e. The molecule has 5 heteroatoms. The fraction of sp³-hybridized carbons (Fsp3) is 0.429. The van der Waals surface area contributed by atoms with Gasteiger partial charge in [0.1, 0.15) is 0 Å². The summed E-state index contributed by atoms with van der Waals surface area (Å²) in [4.78, 5) is 23.2. The first-order valence-electron chi connectivity index (χ1n) is 6.52. The molecule has 0 saturated heterocycles. The average molecular weight is 261 g/mol. The molecular formula is C14H19N3O2. The Labute approximate surface area is 112 Å². The molecule has 1 fully saturated rings. The molecule has 1 aromatic rings. The fourth-order valence-electron chi connectivity index (χ4n) is 2.57. The van der Waals surface area contributed by atoms with E-state index in [-0.39, 0.29) is 17.9 Å². The van der Waals surface area contributed by atoms with Gasteiger partial charge < -0.3 is 16.8 Å². The number of benzene rings is 1. The number of hydrogen-bond acceptors (Lipinski definition) is 3. The van der Waals surface area contributed by atoms with Gasteiger partial charge in [0.25, 0.3) is 5.91 Å². The first-order chi connectivity index (χ1) is 9.08. The Morgan fingerprint density at radius 2 is 2.00 bits per heavy atom. The van der Waals surface area contributed by atoms with Crippen LogP contribution in [0.25, 0.3) is 0 Å². The van der Waals surface area contributed by atoms with E-state index >= 15 is 0 Å². The molecule has 102 valence electrons. The maximum Gasteiger partial charge on any atom is 0.250 e. The quantitative estimate of drug-likeness (QED) is 0.760. The molecule has 0 aliphatic heterocycles. The van der Waals surface area contributed by atoms with Gasteiger partial charge in [-0.15, -0.1) is 0 Å². The lowest BCUT2D eigenvalue weighted by atomic mass is 10.00. The van der Waals surface area contributed by atoms with Crippen molar-refractivity contribution in [1.29, 1.82) is 0 Å². The number of anilines is 1. The monoisotopic (exact) mass is 261 g/mol. The molecule has 2 amide bonds. The van der Waals surface area contributed by atoms with Gasteiger partial charge in [0.15, 0.2) is 0 Å². The minimum Gasteiger partial charge on any atom is -0.366 e. The lowest BCUT2D eigenvalue weighted by Gasteiger charge is -2.15. The lowest BCUT2D eigenvalue weighted by molar-refractivity contribution is -0.117. The minimum absolute atomic E-state index is 0.108. The van der Waals surface area contributed by atoms with Crippen molar-refractivity contribution >= 4 is 17.5 Å². The number of carbonyl (C=O) groups is 2. The van der Waals surface area contributed by atoms with Gasteiger partial charge in [-0.25, -0.2) is 0 Å². The van der Waals surface area contributed by atoms with Gasteiger partial charge in [-0.2, -0.15) is 0 Å². The van der Waals surface area contributed by atoms with Crippen molar-refractivity contribution in [2.24, 2.45) is 17.4 Å². The largest absolute Gasteiger partial charge is 0.366 e. The standard InChI is InChI=1S/C14H19N3O2/c15-11-6-3-4-9(11)8-13(18)17-12-7-2-1-5-10(12)14(16)19/h1-2,5,7,9,11H,3-4,6,8,15H2,(H2,16,19)(H,17,18)/t9-,11+/m0/s1. The molecule has 0 radical (unpaired) electrons. The lowest BCUT2D eigenvalue weighted by Crippen LogP contribution is -2.28. The van der Waals surface area contributed by atoms with Crippen molar-refractivity contribution in [3.63, 3.8) is 0 Å². The molecule has 1 aromatic carbocycles. The van der Waals surface area contributed by atoms with Gasteiger partial charge in [-0.05, 0) is 30.9 Å². The Bertz CT molecular complexity index is 487. The summed E-state index contributed by atoms with van der Waals surface area (Å²) in [6.07, 6.45) is 3.45. The van der Waals surface area contributed by atoms with Crippen LogP contribution in [0.5, 0.6) is 0 Å². The number of primary amides is 1. The number of amides is 2. The van der Waals surface area contributed by atoms with Crippen LogP contribution in [0.4, 0.5) is 5.69 Å². The van der Waals surface area contributed by atoms with E-state index in [1.165, 1.54) is 0 Å². The van der Waals surface area contributed by atoms with Crippen LogP contribution >= 0.6 is 0 Å². The zero-order valence-electron chi connectivity index (χ0n) is 10.8. The molecule has 0 heterocycles. The number of hydrogen-bond donors (Lipinski definition) is 3. The number of para-hydroxylation sites is 1. The SMILES string of the molecule is NC(=O)c1ccccc1NC(=O)C[C@@H]1CCC[C@H]1N. The van der Waals surface area contributed by atoms with Crippen LogP contribution in [0.1, 0.15) is 36.0 Å². The van der Waals surface area contributed by atoms with Gasteiger partial charge >= 0.3 is 0 Å². The van der Waals surface area contributed by atoms with Crippen molar-refractivity contribution in [2.75, 3.05) is 5.32 Å². The first-order valence-corrected chi connectivity index (χ1v) is 6.52.